The lowest BCUT2D eigenvalue weighted by Crippen LogP contribution is -2.41. The van der Waals surface area contributed by atoms with Gasteiger partial charge in [0.25, 0.3) is 0 Å². The van der Waals surface area contributed by atoms with Gasteiger partial charge in [-0.25, -0.2) is 0 Å². The van der Waals surface area contributed by atoms with Gasteiger partial charge in [0.2, 0.25) is 0 Å². The van der Waals surface area contributed by atoms with Gasteiger partial charge in [-0.2, -0.15) is 12.6 Å². The van der Waals surface area contributed by atoms with Crippen LogP contribution in [0.1, 0.15) is 6.42 Å². The molecule has 1 saturated heterocycles. The zero-order valence-corrected chi connectivity index (χ0v) is 5.25. The maximum atomic E-state index is 4.12. The Hall–Kier alpha value is 0.310. The van der Waals surface area contributed by atoms with Crippen LogP contribution in [0.25, 0.3) is 0 Å². The second-order valence-corrected chi connectivity index (χ2v) is 2.48. The van der Waals surface area contributed by atoms with Crippen LogP contribution in [0.5, 0.6) is 0 Å². The molecule has 2 heteroatoms. The van der Waals surface area contributed by atoms with Crippen LogP contribution < -0.4 is 5.32 Å². The van der Waals surface area contributed by atoms with E-state index in [9.17, 15) is 0 Å². The molecule has 0 amide bonds. The maximum Gasteiger partial charge on any atom is -0.000796 e. The first-order chi connectivity index (χ1) is 3.43. The fourth-order valence-electron chi connectivity index (χ4n) is 0.735. The van der Waals surface area contributed by atoms with Gasteiger partial charge in [0.1, 0.15) is 0 Å². The molecule has 1 nitrogen and oxygen atoms in total. The molecular formula is C5H11NS. The molecule has 1 aliphatic heterocycles. The van der Waals surface area contributed by atoms with Gasteiger partial charge in [-0.3, -0.25) is 0 Å². The molecule has 1 heterocycles. The smallest absolute Gasteiger partial charge is 0.000796 e. The van der Waals surface area contributed by atoms with Crippen LogP contribution in [0, 0.1) is 5.92 Å². The van der Waals surface area contributed by atoms with Crippen LogP contribution in [-0.4, -0.2) is 18.8 Å². The zero-order chi connectivity index (χ0) is 5.11. The van der Waals surface area contributed by atoms with Crippen LogP contribution in [0.2, 0.25) is 0 Å². The van der Waals surface area contributed by atoms with Gasteiger partial charge in [0.15, 0.2) is 0 Å². The lowest BCUT2D eigenvalue weighted by Gasteiger charge is -2.25. The molecule has 0 radical (unpaired) electrons. The summed E-state index contributed by atoms with van der Waals surface area (Å²) in [6.45, 7) is 2.45. The molecule has 1 rings (SSSR count). The SMILES string of the molecule is SCCC1CNC1. The molecule has 0 aromatic carbocycles. The summed E-state index contributed by atoms with van der Waals surface area (Å²) < 4.78 is 0. The van der Waals surface area contributed by atoms with E-state index in [1.807, 2.05) is 0 Å². The van der Waals surface area contributed by atoms with Gasteiger partial charge < -0.3 is 5.32 Å². The summed E-state index contributed by atoms with van der Waals surface area (Å²) in [5, 5.41) is 3.21. The number of hydrogen-bond donors (Lipinski definition) is 2. The third-order valence-electron chi connectivity index (χ3n) is 1.40. The Balaban J connectivity index is 1.93. The van der Waals surface area contributed by atoms with E-state index >= 15 is 0 Å². The van der Waals surface area contributed by atoms with Crippen molar-refractivity contribution in [1.29, 1.82) is 0 Å². The van der Waals surface area contributed by atoms with Crippen LogP contribution in [0.15, 0.2) is 0 Å². The molecule has 1 aliphatic rings. The second kappa shape index (κ2) is 2.58. The van der Waals surface area contributed by atoms with Crippen LogP contribution in [0.3, 0.4) is 0 Å². The van der Waals surface area contributed by atoms with E-state index in [0.717, 1.165) is 11.7 Å². The molecule has 1 N–H and O–H groups in total. The summed E-state index contributed by atoms with van der Waals surface area (Å²) in [6.07, 6.45) is 1.29. The van der Waals surface area contributed by atoms with Crippen molar-refractivity contribution in [3.05, 3.63) is 0 Å². The number of rotatable bonds is 2. The predicted octanol–water partition coefficient (Wildman–Crippen LogP) is 0.526. The van der Waals surface area contributed by atoms with E-state index in [-0.39, 0.29) is 0 Å². The van der Waals surface area contributed by atoms with Gasteiger partial charge in [0.05, 0.1) is 0 Å². The van der Waals surface area contributed by atoms with E-state index in [0.29, 0.717) is 0 Å². The normalized spacial score (nSPS) is 21.9. The van der Waals surface area contributed by atoms with Crippen molar-refractivity contribution in [2.45, 2.75) is 6.42 Å². The van der Waals surface area contributed by atoms with Crippen LogP contribution in [-0.2, 0) is 0 Å². The average molecular weight is 117 g/mol. The largest absolute Gasteiger partial charge is 0.316 e. The number of hydrogen-bond acceptors (Lipinski definition) is 2. The highest BCUT2D eigenvalue weighted by molar-refractivity contribution is 7.80. The first-order valence-electron chi connectivity index (χ1n) is 2.75. The molecule has 0 bridgehead atoms. The molecule has 7 heavy (non-hydrogen) atoms. The van der Waals surface area contributed by atoms with Crippen molar-refractivity contribution in [2.75, 3.05) is 18.8 Å². The minimum absolute atomic E-state index is 0.942. The van der Waals surface area contributed by atoms with Crippen molar-refractivity contribution >= 4 is 12.6 Å². The van der Waals surface area contributed by atoms with E-state index < -0.39 is 0 Å². The van der Waals surface area contributed by atoms with Crippen molar-refractivity contribution in [2.24, 2.45) is 5.92 Å². The third-order valence-corrected chi connectivity index (χ3v) is 1.66. The van der Waals surface area contributed by atoms with Crippen molar-refractivity contribution in [1.82, 2.24) is 5.32 Å². The Labute approximate surface area is 49.9 Å². The summed E-state index contributed by atoms with van der Waals surface area (Å²) in [7, 11) is 0. The molecule has 0 atom stereocenters. The minimum atomic E-state index is 0.942. The summed E-state index contributed by atoms with van der Waals surface area (Å²) in [5.41, 5.74) is 0. The highest BCUT2D eigenvalue weighted by Crippen LogP contribution is 2.07. The second-order valence-electron chi connectivity index (χ2n) is 2.04. The molecule has 0 aromatic rings. The fourth-order valence-corrected chi connectivity index (χ4v) is 1.10. The molecule has 0 aliphatic carbocycles. The van der Waals surface area contributed by atoms with E-state index in [4.69, 9.17) is 0 Å². The quantitative estimate of drug-likeness (QED) is 0.503. The number of thiol groups is 1. The fraction of sp³-hybridized carbons (Fsp3) is 1.00. The first kappa shape index (κ1) is 5.45. The summed E-state index contributed by atoms with van der Waals surface area (Å²) in [6, 6.07) is 0. The van der Waals surface area contributed by atoms with Gasteiger partial charge in [-0.05, 0) is 31.2 Å². The van der Waals surface area contributed by atoms with Crippen molar-refractivity contribution < 1.29 is 0 Å². The van der Waals surface area contributed by atoms with Gasteiger partial charge in [-0.1, -0.05) is 0 Å². The molecule has 42 valence electrons. The van der Waals surface area contributed by atoms with Gasteiger partial charge in [0, 0.05) is 0 Å². The van der Waals surface area contributed by atoms with Crippen LogP contribution in [0.4, 0.5) is 0 Å². The Kier molecular flexibility index (Phi) is 2.00. The van der Waals surface area contributed by atoms with E-state index in [2.05, 4.69) is 17.9 Å². The standard InChI is InChI=1S/C5H11NS/c7-2-1-5-3-6-4-5/h5-7H,1-4H2. The van der Waals surface area contributed by atoms with E-state index in [1.165, 1.54) is 19.5 Å². The summed E-state index contributed by atoms with van der Waals surface area (Å²) in [5.74, 6) is 1.99. The van der Waals surface area contributed by atoms with Crippen molar-refractivity contribution in [3.8, 4) is 0 Å². The average Bonchev–Trinajstić information content (AvgIpc) is 1.55. The minimum Gasteiger partial charge on any atom is -0.316 e. The summed E-state index contributed by atoms with van der Waals surface area (Å²) >= 11 is 4.12. The van der Waals surface area contributed by atoms with Crippen molar-refractivity contribution in [3.63, 3.8) is 0 Å². The van der Waals surface area contributed by atoms with Crippen LogP contribution >= 0.6 is 12.6 Å². The maximum absolute atomic E-state index is 4.12. The molecule has 0 spiro atoms. The molecule has 0 aromatic heterocycles. The zero-order valence-electron chi connectivity index (χ0n) is 4.35. The predicted molar refractivity (Wildman–Crippen MR) is 34.8 cm³/mol. The Morgan fingerprint density at radius 3 is 2.43 bits per heavy atom. The van der Waals surface area contributed by atoms with E-state index in [1.54, 1.807) is 0 Å². The lowest BCUT2D eigenvalue weighted by molar-refractivity contribution is 0.341. The lowest BCUT2D eigenvalue weighted by atomic mass is 10.0. The topological polar surface area (TPSA) is 12.0 Å². The Morgan fingerprint density at radius 1 is 1.57 bits per heavy atom. The monoisotopic (exact) mass is 117 g/mol. The summed E-state index contributed by atoms with van der Waals surface area (Å²) in [4.78, 5) is 0. The Morgan fingerprint density at radius 2 is 2.29 bits per heavy atom. The highest BCUT2D eigenvalue weighted by atomic mass is 32.1. The first-order valence-corrected chi connectivity index (χ1v) is 3.38. The Bertz CT molecular complexity index is 52.0. The van der Waals surface area contributed by atoms with Gasteiger partial charge in [-0.15, -0.1) is 0 Å². The third kappa shape index (κ3) is 1.35. The van der Waals surface area contributed by atoms with Gasteiger partial charge >= 0.3 is 0 Å². The molecule has 0 unspecified atom stereocenters. The molecular weight excluding hydrogens is 106 g/mol. The number of nitrogens with one attached hydrogen (secondary N) is 1. The molecule has 0 saturated carbocycles. The highest BCUT2D eigenvalue weighted by Gasteiger charge is 2.14. The molecule has 1 fully saturated rings.